The van der Waals surface area contributed by atoms with E-state index in [-0.39, 0.29) is 11.6 Å². The maximum absolute atomic E-state index is 11.6. The average molecular weight is 337 g/mol. The van der Waals surface area contributed by atoms with Crippen LogP contribution in [0, 0.1) is 0 Å². The lowest BCUT2D eigenvalue weighted by Crippen LogP contribution is -2.46. The Morgan fingerprint density at radius 2 is 2.10 bits per heavy atom. The summed E-state index contributed by atoms with van der Waals surface area (Å²) in [6.45, 7) is 0.617. The molecule has 1 rings (SSSR count). The second kappa shape index (κ2) is 6.37. The number of nitrogens with one attached hydrogen (secondary N) is 2. The molecule has 1 aromatic heterocycles. The van der Waals surface area contributed by atoms with Gasteiger partial charge in [-0.2, -0.15) is 0 Å². The number of rotatable bonds is 7. The Balaban J connectivity index is 2.54. The first-order chi connectivity index (χ1) is 9.49. The number of sulfonamides is 1. The van der Waals surface area contributed by atoms with Crippen LogP contribution in [0.2, 0.25) is 0 Å². The van der Waals surface area contributed by atoms with Gasteiger partial charge in [0.1, 0.15) is 0 Å². The van der Waals surface area contributed by atoms with E-state index in [1.54, 1.807) is 0 Å². The summed E-state index contributed by atoms with van der Waals surface area (Å²) in [5.41, 5.74) is -1.72. The summed E-state index contributed by atoms with van der Waals surface area (Å²) in [6.07, 6.45) is 0.826. The van der Waals surface area contributed by atoms with Gasteiger partial charge < -0.3 is 15.5 Å². The van der Waals surface area contributed by atoms with E-state index < -0.39 is 34.0 Å². The minimum atomic E-state index is -3.43. The SMILES string of the molecule is CC(O)(CNC(=O)Cc1csc(NS(C)(=O)=O)n1)C(=O)O. The van der Waals surface area contributed by atoms with Crippen molar-refractivity contribution >= 4 is 38.4 Å². The number of carbonyl (C=O) groups is 2. The molecule has 9 nitrogen and oxygen atoms in total. The van der Waals surface area contributed by atoms with Crippen molar-refractivity contribution in [3.8, 4) is 0 Å². The van der Waals surface area contributed by atoms with Gasteiger partial charge in [-0.25, -0.2) is 18.2 Å². The molecule has 0 saturated carbocycles. The van der Waals surface area contributed by atoms with Crippen molar-refractivity contribution in [2.45, 2.75) is 18.9 Å². The lowest BCUT2D eigenvalue weighted by atomic mass is 10.1. The summed E-state index contributed by atoms with van der Waals surface area (Å²) in [6, 6.07) is 0. The smallest absolute Gasteiger partial charge is 0.337 e. The fourth-order valence-electron chi connectivity index (χ4n) is 1.17. The highest BCUT2D eigenvalue weighted by atomic mass is 32.2. The van der Waals surface area contributed by atoms with Gasteiger partial charge in [0, 0.05) is 5.38 Å². The van der Waals surface area contributed by atoms with Gasteiger partial charge in [-0.15, -0.1) is 11.3 Å². The first kappa shape index (κ1) is 17.3. The molecule has 1 atom stereocenters. The Labute approximate surface area is 125 Å². The quantitative estimate of drug-likeness (QED) is 0.499. The predicted molar refractivity (Wildman–Crippen MR) is 75.6 cm³/mol. The van der Waals surface area contributed by atoms with Crippen LogP contribution in [0.3, 0.4) is 0 Å². The van der Waals surface area contributed by atoms with Gasteiger partial charge in [0.25, 0.3) is 0 Å². The zero-order valence-corrected chi connectivity index (χ0v) is 12.9. The summed E-state index contributed by atoms with van der Waals surface area (Å²) in [4.78, 5) is 26.1. The van der Waals surface area contributed by atoms with Crippen molar-refractivity contribution in [3.63, 3.8) is 0 Å². The molecule has 1 aromatic rings. The number of carbonyl (C=O) groups excluding carboxylic acids is 1. The Morgan fingerprint density at radius 1 is 1.48 bits per heavy atom. The number of thiazole rings is 1. The van der Waals surface area contributed by atoms with Crippen molar-refractivity contribution in [1.29, 1.82) is 0 Å². The van der Waals surface area contributed by atoms with Crippen LogP contribution < -0.4 is 10.0 Å². The molecule has 0 spiro atoms. The van der Waals surface area contributed by atoms with Gasteiger partial charge in [0.05, 0.1) is 24.9 Å². The number of aliphatic hydroxyl groups is 1. The van der Waals surface area contributed by atoms with Crippen LogP contribution in [0.1, 0.15) is 12.6 Å². The molecule has 0 radical (unpaired) electrons. The van der Waals surface area contributed by atoms with Gasteiger partial charge >= 0.3 is 5.97 Å². The molecule has 0 aliphatic heterocycles. The highest BCUT2D eigenvalue weighted by Gasteiger charge is 2.30. The maximum Gasteiger partial charge on any atom is 0.337 e. The molecule has 0 aliphatic carbocycles. The average Bonchev–Trinajstić information content (AvgIpc) is 2.71. The van der Waals surface area contributed by atoms with E-state index in [0.717, 1.165) is 24.5 Å². The molecule has 1 amide bonds. The van der Waals surface area contributed by atoms with Gasteiger partial charge in [-0.1, -0.05) is 0 Å². The third-order valence-electron chi connectivity index (χ3n) is 2.26. The molecule has 1 unspecified atom stereocenters. The minimum absolute atomic E-state index is 0.137. The van der Waals surface area contributed by atoms with Crippen LogP contribution in [-0.4, -0.2) is 53.9 Å². The van der Waals surface area contributed by atoms with E-state index in [9.17, 15) is 23.1 Å². The van der Waals surface area contributed by atoms with E-state index in [2.05, 4.69) is 15.0 Å². The Bertz CT molecular complexity index is 637. The summed E-state index contributed by atoms with van der Waals surface area (Å²) >= 11 is 1.02. The fourth-order valence-corrected chi connectivity index (χ4v) is 2.73. The summed E-state index contributed by atoms with van der Waals surface area (Å²) in [5, 5.41) is 22.0. The van der Waals surface area contributed by atoms with Gasteiger partial charge in [0.15, 0.2) is 10.7 Å². The van der Waals surface area contributed by atoms with Crippen molar-refractivity contribution in [3.05, 3.63) is 11.1 Å². The van der Waals surface area contributed by atoms with E-state index in [4.69, 9.17) is 5.11 Å². The number of aliphatic carboxylic acids is 1. The highest BCUT2D eigenvalue weighted by molar-refractivity contribution is 7.92. The molecule has 21 heavy (non-hydrogen) atoms. The van der Waals surface area contributed by atoms with Crippen molar-refractivity contribution in [1.82, 2.24) is 10.3 Å². The van der Waals surface area contributed by atoms with Gasteiger partial charge in [0.2, 0.25) is 15.9 Å². The summed E-state index contributed by atoms with van der Waals surface area (Å²) in [7, 11) is -3.43. The van der Waals surface area contributed by atoms with Crippen molar-refractivity contribution < 1.29 is 28.2 Å². The zero-order valence-electron chi connectivity index (χ0n) is 11.3. The molecule has 118 valence electrons. The molecule has 0 aliphatic rings. The third-order valence-corrected chi connectivity index (χ3v) is 3.76. The van der Waals surface area contributed by atoms with Crippen LogP contribution in [0.15, 0.2) is 5.38 Å². The Morgan fingerprint density at radius 3 is 2.62 bits per heavy atom. The number of nitrogens with zero attached hydrogens (tertiary/aromatic N) is 1. The molecular formula is C10H15N3O6S2. The largest absolute Gasteiger partial charge is 0.479 e. The van der Waals surface area contributed by atoms with Crippen LogP contribution in [-0.2, 0) is 26.0 Å². The number of aromatic nitrogens is 1. The fraction of sp³-hybridized carbons (Fsp3) is 0.500. The number of hydrogen-bond acceptors (Lipinski definition) is 7. The molecule has 1 heterocycles. The summed E-state index contributed by atoms with van der Waals surface area (Å²) < 4.78 is 24.2. The number of carboxylic acids is 1. The molecule has 0 saturated heterocycles. The predicted octanol–water partition coefficient (Wildman–Crippen LogP) is -0.991. The van der Waals surface area contributed by atoms with E-state index in [1.165, 1.54) is 5.38 Å². The molecule has 11 heteroatoms. The second-order valence-electron chi connectivity index (χ2n) is 4.55. The van der Waals surface area contributed by atoms with Gasteiger partial charge in [-0.05, 0) is 6.92 Å². The van der Waals surface area contributed by atoms with Crippen molar-refractivity contribution in [2.75, 3.05) is 17.5 Å². The van der Waals surface area contributed by atoms with E-state index in [1.807, 2.05) is 0 Å². The number of amides is 1. The Kier molecular flexibility index (Phi) is 5.25. The monoisotopic (exact) mass is 337 g/mol. The molecule has 0 fully saturated rings. The molecular weight excluding hydrogens is 322 g/mol. The van der Waals surface area contributed by atoms with E-state index in [0.29, 0.717) is 5.69 Å². The Hall–Kier alpha value is -1.72. The van der Waals surface area contributed by atoms with Crippen LogP contribution in [0.4, 0.5) is 5.13 Å². The summed E-state index contributed by atoms with van der Waals surface area (Å²) in [5.74, 6) is -1.98. The number of hydrogen-bond donors (Lipinski definition) is 4. The number of anilines is 1. The normalized spacial score (nSPS) is 14.2. The molecule has 0 bridgehead atoms. The number of carboxylic acid groups (broad SMARTS) is 1. The van der Waals surface area contributed by atoms with Crippen molar-refractivity contribution in [2.24, 2.45) is 0 Å². The standard InChI is InChI=1S/C10H15N3O6S2/c1-10(17,8(15)16)5-11-7(14)3-6-4-20-9(12-6)13-21(2,18)19/h4,17H,3,5H2,1-2H3,(H,11,14)(H,12,13)(H,15,16). The molecule has 0 aromatic carbocycles. The third kappa shape index (κ3) is 6.06. The lowest BCUT2D eigenvalue weighted by Gasteiger charge is -2.17. The second-order valence-corrected chi connectivity index (χ2v) is 7.16. The van der Waals surface area contributed by atoms with Crippen LogP contribution >= 0.6 is 11.3 Å². The van der Waals surface area contributed by atoms with Crippen LogP contribution in [0.25, 0.3) is 0 Å². The van der Waals surface area contributed by atoms with Gasteiger partial charge in [-0.3, -0.25) is 9.52 Å². The van der Waals surface area contributed by atoms with E-state index >= 15 is 0 Å². The first-order valence-electron chi connectivity index (χ1n) is 5.64. The lowest BCUT2D eigenvalue weighted by molar-refractivity contribution is -0.156. The first-order valence-corrected chi connectivity index (χ1v) is 8.41. The maximum atomic E-state index is 11.6. The highest BCUT2D eigenvalue weighted by Crippen LogP contribution is 2.16. The zero-order chi connectivity index (χ0) is 16.3. The molecule has 4 N–H and O–H groups in total. The topological polar surface area (TPSA) is 146 Å². The van der Waals surface area contributed by atoms with Crippen LogP contribution in [0.5, 0.6) is 0 Å². The minimum Gasteiger partial charge on any atom is -0.479 e.